The lowest BCUT2D eigenvalue weighted by molar-refractivity contribution is -0.429. The zero-order valence-electron chi connectivity index (χ0n) is 7.31. The van der Waals surface area contributed by atoms with Gasteiger partial charge in [-0.3, -0.25) is 0 Å². The van der Waals surface area contributed by atoms with Crippen molar-refractivity contribution in [2.75, 3.05) is 6.54 Å². The minimum Gasteiger partial charge on any atom is -0.362 e. The summed E-state index contributed by atoms with van der Waals surface area (Å²) in [4.78, 5) is 17.9. The van der Waals surface area contributed by atoms with Crippen LogP contribution in [0.2, 0.25) is 0 Å². The van der Waals surface area contributed by atoms with Gasteiger partial charge in [0.05, 0.1) is 0 Å². The second-order valence-electron chi connectivity index (χ2n) is 3.36. The molecule has 0 amide bonds. The Morgan fingerprint density at radius 1 is 1.54 bits per heavy atom. The molecule has 1 aliphatic carbocycles. The van der Waals surface area contributed by atoms with Crippen molar-refractivity contribution in [3.8, 4) is 0 Å². The van der Waals surface area contributed by atoms with E-state index in [1.54, 1.807) is 0 Å². The van der Waals surface area contributed by atoms with Gasteiger partial charge >= 0.3 is 0 Å². The highest BCUT2D eigenvalue weighted by Gasteiger charge is 2.35. The van der Waals surface area contributed by atoms with E-state index < -0.39 is 5.79 Å². The topological polar surface area (TPSA) is 94.1 Å². The van der Waals surface area contributed by atoms with Crippen molar-refractivity contribution >= 4 is 0 Å². The van der Waals surface area contributed by atoms with Crippen LogP contribution < -0.4 is 5.73 Å². The Labute approximate surface area is 75.9 Å². The summed E-state index contributed by atoms with van der Waals surface area (Å²) in [5, 5.41) is 11.7. The molecule has 1 aliphatic rings. The Balaban J connectivity index is 2.32. The lowest BCUT2D eigenvalue weighted by atomic mass is 9.85. The van der Waals surface area contributed by atoms with Gasteiger partial charge in [-0.05, 0) is 25.3 Å². The lowest BCUT2D eigenvalue weighted by Gasteiger charge is -2.32. The molecular formula is C7H14N2O4. The molecule has 0 unspecified atom stereocenters. The maximum absolute atomic E-state index is 9.63. The summed E-state index contributed by atoms with van der Waals surface area (Å²) in [6, 6.07) is 0. The molecule has 3 N–H and O–H groups in total. The average molecular weight is 190 g/mol. The second-order valence-corrected chi connectivity index (χ2v) is 3.36. The molecule has 0 bridgehead atoms. The summed E-state index contributed by atoms with van der Waals surface area (Å²) in [6.07, 6.45) is 2.39. The number of nitrogens with zero attached hydrogens (tertiary/aromatic N) is 1. The van der Waals surface area contributed by atoms with Gasteiger partial charge in [-0.25, -0.2) is 0 Å². The maximum atomic E-state index is 9.63. The van der Waals surface area contributed by atoms with E-state index in [9.17, 15) is 10.0 Å². The Bertz CT molecular complexity index is 168. The molecule has 0 aromatic rings. The summed E-state index contributed by atoms with van der Waals surface area (Å²) in [6.45, 7) is 0.614. The molecule has 13 heavy (non-hydrogen) atoms. The molecule has 0 spiro atoms. The fourth-order valence-electron chi connectivity index (χ4n) is 1.53. The van der Waals surface area contributed by atoms with Gasteiger partial charge in [-0.1, -0.05) is 0 Å². The smallest absolute Gasteiger partial charge is 0.213 e. The molecule has 0 heterocycles. The minimum atomic E-state index is -1.36. The molecule has 76 valence electrons. The molecule has 1 saturated carbocycles. The maximum Gasteiger partial charge on any atom is 0.213 e. The van der Waals surface area contributed by atoms with Crippen molar-refractivity contribution < 1.29 is 15.0 Å². The van der Waals surface area contributed by atoms with Crippen molar-refractivity contribution in [2.45, 2.75) is 31.5 Å². The van der Waals surface area contributed by atoms with E-state index in [1.807, 2.05) is 0 Å². The highest BCUT2D eigenvalue weighted by atomic mass is 17.3. The van der Waals surface area contributed by atoms with E-state index in [0.29, 0.717) is 25.3 Å². The number of rotatable bonds is 4. The minimum absolute atomic E-state index is 0.421. The Morgan fingerprint density at radius 2 is 2.15 bits per heavy atom. The van der Waals surface area contributed by atoms with E-state index in [1.165, 1.54) is 0 Å². The standard InChI is InChI=1S/C7H14N2O4/c8-5-6-1-3-7(10,4-2-6)12-13-9-11/h6,10H,1-5,8H2. The summed E-state index contributed by atoms with van der Waals surface area (Å²) in [5.74, 6) is -0.937. The average Bonchev–Trinajstić information content (AvgIpc) is 2.16. The van der Waals surface area contributed by atoms with E-state index in [-0.39, 0.29) is 0 Å². The highest BCUT2D eigenvalue weighted by molar-refractivity contribution is 4.77. The van der Waals surface area contributed by atoms with Crippen molar-refractivity contribution in [3.05, 3.63) is 4.91 Å². The number of hydrogen-bond donors (Lipinski definition) is 2. The molecule has 0 aromatic carbocycles. The second kappa shape index (κ2) is 4.50. The molecule has 0 saturated heterocycles. The first-order chi connectivity index (χ1) is 6.20. The van der Waals surface area contributed by atoms with Crippen LogP contribution in [0, 0.1) is 10.8 Å². The van der Waals surface area contributed by atoms with Gasteiger partial charge in [0.15, 0.2) is 5.34 Å². The van der Waals surface area contributed by atoms with Crippen LogP contribution in [0.25, 0.3) is 0 Å². The summed E-state index contributed by atoms with van der Waals surface area (Å²) < 4.78 is 0. The third-order valence-electron chi connectivity index (χ3n) is 2.44. The predicted octanol–water partition coefficient (Wildman–Crippen LogP) is 0.454. The third kappa shape index (κ3) is 2.91. The zero-order chi connectivity index (χ0) is 9.73. The van der Waals surface area contributed by atoms with Crippen LogP contribution in [0.5, 0.6) is 0 Å². The summed E-state index contributed by atoms with van der Waals surface area (Å²) in [5.41, 5.74) is 5.47. The van der Waals surface area contributed by atoms with Crippen molar-refractivity contribution in [2.24, 2.45) is 17.0 Å². The number of nitrogens with two attached hydrogens (primary N) is 1. The van der Waals surface area contributed by atoms with Crippen LogP contribution in [-0.2, 0) is 9.88 Å². The van der Waals surface area contributed by atoms with Crippen molar-refractivity contribution in [1.29, 1.82) is 0 Å². The van der Waals surface area contributed by atoms with Crippen molar-refractivity contribution in [3.63, 3.8) is 0 Å². The zero-order valence-corrected chi connectivity index (χ0v) is 7.31. The normalized spacial score (nSPS) is 34.2. The molecule has 0 atom stereocenters. The Morgan fingerprint density at radius 3 is 2.62 bits per heavy atom. The lowest BCUT2D eigenvalue weighted by Crippen LogP contribution is -2.38. The SMILES string of the molecule is NCC1CCC(O)(OON=O)CC1. The molecular weight excluding hydrogens is 176 g/mol. The van der Waals surface area contributed by atoms with Gasteiger partial charge in [-0.15, -0.1) is 9.79 Å². The molecule has 0 aliphatic heterocycles. The van der Waals surface area contributed by atoms with Gasteiger partial charge in [0, 0.05) is 12.8 Å². The third-order valence-corrected chi connectivity index (χ3v) is 2.44. The largest absolute Gasteiger partial charge is 0.362 e. The van der Waals surface area contributed by atoms with E-state index in [4.69, 9.17) is 5.73 Å². The van der Waals surface area contributed by atoms with Crippen LogP contribution in [0.3, 0.4) is 0 Å². The van der Waals surface area contributed by atoms with E-state index in [2.05, 4.69) is 15.2 Å². The van der Waals surface area contributed by atoms with Gasteiger partial charge < -0.3 is 10.8 Å². The fraction of sp³-hybridized carbons (Fsp3) is 1.00. The summed E-state index contributed by atoms with van der Waals surface area (Å²) in [7, 11) is 0. The fourth-order valence-corrected chi connectivity index (χ4v) is 1.53. The van der Waals surface area contributed by atoms with Gasteiger partial charge in [-0.2, -0.15) is 4.99 Å². The van der Waals surface area contributed by atoms with Crippen LogP contribution >= 0.6 is 0 Å². The number of aliphatic hydroxyl groups is 1. The van der Waals surface area contributed by atoms with Crippen LogP contribution in [0.4, 0.5) is 0 Å². The molecule has 1 fully saturated rings. The van der Waals surface area contributed by atoms with Crippen LogP contribution in [0.1, 0.15) is 25.7 Å². The summed E-state index contributed by atoms with van der Waals surface area (Å²) >= 11 is 0. The van der Waals surface area contributed by atoms with Gasteiger partial charge in [0.1, 0.15) is 0 Å². The molecule has 1 rings (SSSR count). The first-order valence-corrected chi connectivity index (χ1v) is 4.30. The van der Waals surface area contributed by atoms with Crippen LogP contribution in [-0.4, -0.2) is 17.4 Å². The monoisotopic (exact) mass is 190 g/mol. The molecule has 0 radical (unpaired) electrons. The predicted molar refractivity (Wildman–Crippen MR) is 43.9 cm³/mol. The molecule has 6 heteroatoms. The molecule has 0 aromatic heterocycles. The van der Waals surface area contributed by atoms with Crippen LogP contribution in [0.15, 0.2) is 5.34 Å². The van der Waals surface area contributed by atoms with E-state index >= 15 is 0 Å². The molecule has 6 nitrogen and oxygen atoms in total. The Hall–Kier alpha value is -0.720. The Kier molecular flexibility index (Phi) is 3.58. The van der Waals surface area contributed by atoms with E-state index in [0.717, 1.165) is 12.8 Å². The first-order valence-electron chi connectivity index (χ1n) is 4.30. The van der Waals surface area contributed by atoms with Gasteiger partial charge in [0.2, 0.25) is 5.79 Å². The quantitative estimate of drug-likeness (QED) is 0.290. The number of hydrogen-bond acceptors (Lipinski definition) is 6. The van der Waals surface area contributed by atoms with Crippen molar-refractivity contribution in [1.82, 2.24) is 0 Å². The van der Waals surface area contributed by atoms with Gasteiger partial charge in [0.25, 0.3) is 0 Å². The highest BCUT2D eigenvalue weighted by Crippen LogP contribution is 2.32. The first kappa shape index (κ1) is 10.4.